The molecule has 6 nitrogen and oxygen atoms in total. The molecule has 0 fully saturated rings. The molecular formula is C11H13N3O3S2. The molecule has 0 aromatic carbocycles. The normalized spacial score (nSPS) is 12.5. The zero-order valence-electron chi connectivity index (χ0n) is 10.4. The van der Waals surface area contributed by atoms with E-state index in [1.807, 2.05) is 0 Å². The van der Waals surface area contributed by atoms with E-state index in [4.69, 9.17) is 0 Å². The van der Waals surface area contributed by atoms with E-state index in [1.165, 1.54) is 29.8 Å². The summed E-state index contributed by atoms with van der Waals surface area (Å²) in [5.74, 6) is 0. The van der Waals surface area contributed by atoms with Gasteiger partial charge in [-0.15, -0.1) is 11.3 Å². The Hall–Kier alpha value is -1.51. The molecule has 0 saturated carbocycles. The first-order valence-corrected chi connectivity index (χ1v) is 7.80. The van der Waals surface area contributed by atoms with Crippen LogP contribution < -0.4 is 10.2 Å². The largest absolute Gasteiger partial charge is 0.366 e. The van der Waals surface area contributed by atoms with Crippen LogP contribution in [0.25, 0.3) is 0 Å². The van der Waals surface area contributed by atoms with Crippen LogP contribution in [-0.4, -0.2) is 18.4 Å². The van der Waals surface area contributed by atoms with Gasteiger partial charge in [-0.1, -0.05) is 0 Å². The molecule has 0 amide bonds. The molecule has 0 aliphatic heterocycles. The fourth-order valence-corrected chi connectivity index (χ4v) is 3.79. The number of hydrogen-bond donors (Lipinski definition) is 2. The van der Waals surface area contributed by atoms with E-state index < -0.39 is 21.0 Å². The van der Waals surface area contributed by atoms with E-state index in [-0.39, 0.29) is 4.90 Å². The Morgan fingerprint density at radius 3 is 2.74 bits per heavy atom. The minimum Gasteiger partial charge on any atom is -0.366 e. The summed E-state index contributed by atoms with van der Waals surface area (Å²) < 4.78 is 26.9. The number of aromatic nitrogens is 2. The van der Waals surface area contributed by atoms with E-state index in [9.17, 15) is 13.2 Å². The summed E-state index contributed by atoms with van der Waals surface area (Å²) in [6.07, 6.45) is 4.15. The molecule has 0 unspecified atom stereocenters. The summed E-state index contributed by atoms with van der Waals surface area (Å²) in [6, 6.07) is 1.17. The summed E-state index contributed by atoms with van der Waals surface area (Å²) in [4.78, 5) is 18.0. The summed E-state index contributed by atoms with van der Waals surface area (Å²) in [5, 5.41) is 2.39. The van der Waals surface area contributed by atoms with Gasteiger partial charge in [0.25, 0.3) is 0 Å². The van der Waals surface area contributed by atoms with Gasteiger partial charge in [-0.05, 0) is 13.8 Å². The van der Waals surface area contributed by atoms with Crippen molar-refractivity contribution in [2.24, 2.45) is 0 Å². The summed E-state index contributed by atoms with van der Waals surface area (Å²) in [5.41, 5.74) is -1.43. The van der Waals surface area contributed by atoms with Gasteiger partial charge in [0.15, 0.2) is 0 Å². The summed E-state index contributed by atoms with van der Waals surface area (Å²) in [7, 11) is -3.90. The quantitative estimate of drug-likeness (QED) is 0.882. The first kappa shape index (κ1) is 13.9. The second-order valence-corrected chi connectivity index (χ2v) is 6.99. The minimum atomic E-state index is -3.90. The van der Waals surface area contributed by atoms with Crippen molar-refractivity contribution in [2.75, 3.05) is 0 Å². The van der Waals surface area contributed by atoms with Crippen molar-refractivity contribution in [2.45, 2.75) is 24.3 Å². The van der Waals surface area contributed by atoms with E-state index in [0.717, 1.165) is 0 Å². The number of hydrogen-bond acceptors (Lipinski definition) is 5. The number of pyridine rings is 1. The van der Waals surface area contributed by atoms with Crippen molar-refractivity contribution >= 4 is 21.4 Å². The molecule has 0 aliphatic carbocycles. The van der Waals surface area contributed by atoms with Crippen molar-refractivity contribution in [3.63, 3.8) is 0 Å². The number of thiazole rings is 1. The first-order chi connectivity index (χ1) is 8.83. The Morgan fingerprint density at radius 2 is 2.16 bits per heavy atom. The second-order valence-electron chi connectivity index (χ2n) is 4.44. The number of nitrogens with one attached hydrogen (secondary N) is 2. The Morgan fingerprint density at radius 1 is 1.42 bits per heavy atom. The monoisotopic (exact) mass is 299 g/mol. The number of aromatic amines is 1. The van der Waals surface area contributed by atoms with Gasteiger partial charge in [-0.2, -0.15) is 4.72 Å². The van der Waals surface area contributed by atoms with Crippen LogP contribution in [0.2, 0.25) is 0 Å². The summed E-state index contributed by atoms with van der Waals surface area (Å²) >= 11 is 1.35. The highest BCUT2D eigenvalue weighted by Crippen LogP contribution is 2.23. The van der Waals surface area contributed by atoms with Crippen LogP contribution in [0.5, 0.6) is 0 Å². The van der Waals surface area contributed by atoms with Crippen molar-refractivity contribution in [3.05, 3.63) is 45.3 Å². The van der Waals surface area contributed by atoms with Crippen LogP contribution >= 0.6 is 11.3 Å². The van der Waals surface area contributed by atoms with Gasteiger partial charge in [-0.3, -0.25) is 4.79 Å². The van der Waals surface area contributed by atoms with Crippen molar-refractivity contribution in [3.8, 4) is 0 Å². The maximum atomic E-state index is 12.2. The third kappa shape index (κ3) is 2.91. The Bertz CT molecular complexity index is 718. The lowest BCUT2D eigenvalue weighted by Crippen LogP contribution is -2.42. The third-order valence-corrected chi connectivity index (χ3v) is 5.21. The average Bonchev–Trinajstić information content (AvgIpc) is 2.81. The number of nitrogens with zero attached hydrogens (tertiary/aromatic N) is 1. The molecule has 2 aromatic heterocycles. The minimum absolute atomic E-state index is 0.306. The smallest absolute Gasteiger partial charge is 0.246 e. The van der Waals surface area contributed by atoms with Gasteiger partial charge in [0.05, 0.1) is 5.54 Å². The van der Waals surface area contributed by atoms with Gasteiger partial charge in [0.2, 0.25) is 15.5 Å². The topological polar surface area (TPSA) is 91.9 Å². The molecule has 19 heavy (non-hydrogen) atoms. The average molecular weight is 299 g/mol. The van der Waals surface area contributed by atoms with E-state index in [2.05, 4.69) is 14.7 Å². The Kier molecular flexibility index (Phi) is 3.57. The number of rotatable bonds is 4. The number of sulfonamides is 1. The molecule has 0 bridgehead atoms. The van der Waals surface area contributed by atoms with Gasteiger partial charge in [-0.25, -0.2) is 13.4 Å². The van der Waals surface area contributed by atoms with Crippen LogP contribution in [0.15, 0.2) is 39.7 Å². The fraction of sp³-hybridized carbons (Fsp3) is 0.273. The third-order valence-electron chi connectivity index (χ3n) is 2.43. The van der Waals surface area contributed by atoms with Gasteiger partial charge >= 0.3 is 0 Å². The van der Waals surface area contributed by atoms with Crippen LogP contribution in [0.3, 0.4) is 0 Å². The lowest BCUT2D eigenvalue weighted by atomic mass is 10.1. The molecule has 0 spiro atoms. The van der Waals surface area contributed by atoms with Crippen LogP contribution in [0.1, 0.15) is 18.9 Å². The molecule has 0 aliphatic rings. The maximum Gasteiger partial charge on any atom is 0.246 e. The Balaban J connectivity index is 2.38. The van der Waals surface area contributed by atoms with E-state index in [1.54, 1.807) is 25.4 Å². The molecule has 0 saturated heterocycles. The van der Waals surface area contributed by atoms with E-state index >= 15 is 0 Å². The predicted molar refractivity (Wildman–Crippen MR) is 72.5 cm³/mol. The zero-order valence-corrected chi connectivity index (χ0v) is 12.0. The van der Waals surface area contributed by atoms with E-state index in [0.29, 0.717) is 5.01 Å². The summed E-state index contributed by atoms with van der Waals surface area (Å²) in [6.45, 7) is 3.39. The highest BCUT2D eigenvalue weighted by atomic mass is 32.2. The molecular weight excluding hydrogens is 286 g/mol. The number of H-pyrrole nitrogens is 1. The molecule has 0 atom stereocenters. The van der Waals surface area contributed by atoms with Crippen LogP contribution in [0, 0.1) is 0 Å². The SMILES string of the molecule is CC(C)(NS(=O)(=O)c1c[nH]ccc1=O)c1nccs1. The molecule has 2 aromatic rings. The van der Waals surface area contributed by atoms with Crippen molar-refractivity contribution in [1.82, 2.24) is 14.7 Å². The maximum absolute atomic E-state index is 12.2. The molecule has 2 N–H and O–H groups in total. The highest BCUT2D eigenvalue weighted by Gasteiger charge is 2.31. The molecule has 102 valence electrons. The Labute approximate surface area is 114 Å². The van der Waals surface area contributed by atoms with Gasteiger partial charge in [0, 0.05) is 30.0 Å². The molecule has 2 heterocycles. The lowest BCUT2D eigenvalue weighted by molar-refractivity contribution is 0.469. The standard InChI is InChI=1S/C11H13N3O3S2/c1-11(2,10-13-5-6-18-10)14-19(16,17)9-7-12-4-3-8(9)15/h3-7,14H,1-2H3,(H,12,15). The highest BCUT2D eigenvalue weighted by molar-refractivity contribution is 7.89. The first-order valence-electron chi connectivity index (χ1n) is 5.44. The molecule has 0 radical (unpaired) electrons. The van der Waals surface area contributed by atoms with Crippen molar-refractivity contribution < 1.29 is 8.42 Å². The van der Waals surface area contributed by atoms with Crippen LogP contribution in [0.4, 0.5) is 0 Å². The fourth-order valence-electron chi connectivity index (χ4n) is 1.58. The van der Waals surface area contributed by atoms with Crippen LogP contribution in [-0.2, 0) is 15.6 Å². The molecule has 8 heteroatoms. The van der Waals surface area contributed by atoms with Gasteiger partial charge < -0.3 is 4.98 Å². The lowest BCUT2D eigenvalue weighted by Gasteiger charge is -2.23. The molecule has 2 rings (SSSR count). The second kappa shape index (κ2) is 4.87. The zero-order chi connectivity index (χ0) is 14.1. The predicted octanol–water partition coefficient (Wildman–Crippen LogP) is 1.04. The van der Waals surface area contributed by atoms with Crippen molar-refractivity contribution in [1.29, 1.82) is 0 Å². The van der Waals surface area contributed by atoms with Gasteiger partial charge in [0.1, 0.15) is 9.90 Å².